The molecule has 0 unspecified atom stereocenters. The van der Waals surface area contributed by atoms with Gasteiger partial charge in [0.2, 0.25) is 5.95 Å². The summed E-state index contributed by atoms with van der Waals surface area (Å²) in [6.45, 7) is 6.60. The zero-order valence-electron chi connectivity index (χ0n) is 14.0. The Bertz CT molecular complexity index is 501. The van der Waals surface area contributed by atoms with Gasteiger partial charge < -0.3 is 15.1 Å². The molecular weight excluding hydrogens is 290 g/mol. The number of quaternary nitrogens is 1. The van der Waals surface area contributed by atoms with E-state index in [1.165, 1.54) is 24.2 Å². The summed E-state index contributed by atoms with van der Waals surface area (Å²) in [5, 5.41) is 3.26. The van der Waals surface area contributed by atoms with Gasteiger partial charge in [-0.2, -0.15) is 0 Å². The molecule has 1 saturated carbocycles. The molecule has 2 atom stereocenters. The molecule has 2 fully saturated rings. The zero-order valence-corrected chi connectivity index (χ0v) is 14.0. The highest BCUT2D eigenvalue weighted by atomic mass is 16.2. The minimum absolute atomic E-state index is 0.211. The second-order valence-corrected chi connectivity index (χ2v) is 6.90. The Hall–Kier alpha value is -1.69. The molecule has 2 N–H and O–H groups in total. The number of amides is 1. The highest BCUT2D eigenvalue weighted by Gasteiger charge is 2.26. The molecular formula is C17H28N5O+. The topological polar surface area (TPSA) is 62.6 Å². The van der Waals surface area contributed by atoms with Crippen LogP contribution < -0.4 is 15.1 Å². The van der Waals surface area contributed by atoms with Crippen LogP contribution in [0.5, 0.6) is 0 Å². The van der Waals surface area contributed by atoms with Crippen molar-refractivity contribution < 1.29 is 9.69 Å². The maximum atomic E-state index is 12.3. The Morgan fingerprint density at radius 3 is 2.65 bits per heavy atom. The van der Waals surface area contributed by atoms with E-state index in [0.29, 0.717) is 18.5 Å². The van der Waals surface area contributed by atoms with Crippen molar-refractivity contribution >= 4 is 11.9 Å². The largest absolute Gasteiger partial charge is 0.348 e. The first-order valence-corrected chi connectivity index (χ1v) is 8.87. The molecule has 6 nitrogen and oxygen atoms in total. The van der Waals surface area contributed by atoms with Crippen LogP contribution >= 0.6 is 0 Å². The molecule has 1 amide bonds. The van der Waals surface area contributed by atoms with Gasteiger partial charge in [0.1, 0.15) is 0 Å². The SMILES string of the molecule is C[C@@H]1CCCC[C@@H]1NC(=O)C[NH+]1CCN(c2ncccn2)CC1. The average Bonchev–Trinajstić information content (AvgIpc) is 2.58. The van der Waals surface area contributed by atoms with Crippen LogP contribution in [0.15, 0.2) is 18.5 Å². The zero-order chi connectivity index (χ0) is 16.1. The Labute approximate surface area is 138 Å². The second kappa shape index (κ2) is 7.73. The number of piperazine rings is 1. The molecule has 1 aromatic heterocycles. The van der Waals surface area contributed by atoms with Crippen LogP contribution in [0.3, 0.4) is 0 Å². The van der Waals surface area contributed by atoms with Crippen molar-refractivity contribution in [2.24, 2.45) is 5.92 Å². The Morgan fingerprint density at radius 2 is 1.96 bits per heavy atom. The van der Waals surface area contributed by atoms with Crippen molar-refractivity contribution in [3.05, 3.63) is 18.5 Å². The van der Waals surface area contributed by atoms with Gasteiger partial charge in [-0.3, -0.25) is 4.79 Å². The summed E-state index contributed by atoms with van der Waals surface area (Å²) in [6.07, 6.45) is 8.50. The lowest BCUT2D eigenvalue weighted by atomic mass is 9.86. The standard InChI is InChI=1S/C17H27N5O/c1-14-5-2-3-6-15(14)20-16(23)13-21-9-11-22(12-10-21)17-18-7-4-8-19-17/h4,7-8,14-15H,2-3,5-6,9-13H2,1H3,(H,20,23)/p+1/t14-,15+/m1/s1. The second-order valence-electron chi connectivity index (χ2n) is 6.90. The molecule has 23 heavy (non-hydrogen) atoms. The highest BCUT2D eigenvalue weighted by Crippen LogP contribution is 2.23. The maximum Gasteiger partial charge on any atom is 0.275 e. The molecule has 1 aliphatic heterocycles. The number of hydrogen-bond acceptors (Lipinski definition) is 4. The molecule has 0 spiro atoms. The minimum Gasteiger partial charge on any atom is -0.348 e. The number of anilines is 1. The quantitative estimate of drug-likeness (QED) is 0.812. The van der Waals surface area contributed by atoms with E-state index in [-0.39, 0.29) is 5.91 Å². The van der Waals surface area contributed by atoms with Gasteiger partial charge in [0.15, 0.2) is 6.54 Å². The van der Waals surface area contributed by atoms with Gasteiger partial charge in [-0.15, -0.1) is 0 Å². The van der Waals surface area contributed by atoms with Crippen LogP contribution in [0, 0.1) is 5.92 Å². The van der Waals surface area contributed by atoms with Gasteiger partial charge in [-0.25, -0.2) is 9.97 Å². The molecule has 1 aromatic rings. The summed E-state index contributed by atoms with van der Waals surface area (Å²) in [5.41, 5.74) is 0. The summed E-state index contributed by atoms with van der Waals surface area (Å²) in [4.78, 5) is 24.5. The van der Waals surface area contributed by atoms with E-state index in [4.69, 9.17) is 0 Å². The fourth-order valence-electron chi connectivity index (χ4n) is 3.67. The van der Waals surface area contributed by atoms with Crippen molar-refractivity contribution in [2.75, 3.05) is 37.6 Å². The lowest BCUT2D eigenvalue weighted by Crippen LogP contribution is -3.16. The van der Waals surface area contributed by atoms with Crippen molar-refractivity contribution in [2.45, 2.75) is 38.6 Å². The van der Waals surface area contributed by atoms with E-state index in [0.717, 1.165) is 38.5 Å². The third-order valence-electron chi connectivity index (χ3n) is 5.17. The summed E-state index contributed by atoms with van der Waals surface area (Å²) < 4.78 is 0. The van der Waals surface area contributed by atoms with Crippen molar-refractivity contribution in [1.29, 1.82) is 0 Å². The van der Waals surface area contributed by atoms with Gasteiger partial charge in [0, 0.05) is 18.4 Å². The monoisotopic (exact) mass is 318 g/mol. The Kier molecular flexibility index (Phi) is 5.43. The summed E-state index contributed by atoms with van der Waals surface area (Å²) >= 11 is 0. The molecule has 0 radical (unpaired) electrons. The van der Waals surface area contributed by atoms with E-state index >= 15 is 0 Å². The fraction of sp³-hybridized carbons (Fsp3) is 0.706. The summed E-state index contributed by atoms with van der Waals surface area (Å²) in [5.74, 6) is 1.63. The first-order chi connectivity index (χ1) is 11.2. The van der Waals surface area contributed by atoms with E-state index in [2.05, 4.69) is 27.1 Å². The average molecular weight is 318 g/mol. The number of rotatable bonds is 4. The lowest BCUT2D eigenvalue weighted by Gasteiger charge is -2.33. The van der Waals surface area contributed by atoms with Gasteiger partial charge in [-0.1, -0.05) is 19.8 Å². The Morgan fingerprint density at radius 1 is 1.26 bits per heavy atom. The van der Waals surface area contributed by atoms with Crippen LogP contribution in [0.2, 0.25) is 0 Å². The van der Waals surface area contributed by atoms with E-state index < -0.39 is 0 Å². The van der Waals surface area contributed by atoms with Crippen molar-refractivity contribution in [3.63, 3.8) is 0 Å². The predicted octanol–water partition coefficient (Wildman–Crippen LogP) is -0.124. The Balaban J connectivity index is 1.42. The smallest absolute Gasteiger partial charge is 0.275 e. The van der Waals surface area contributed by atoms with Crippen LogP contribution in [0.25, 0.3) is 0 Å². The number of hydrogen-bond donors (Lipinski definition) is 2. The van der Waals surface area contributed by atoms with Gasteiger partial charge in [-0.05, 0) is 24.8 Å². The highest BCUT2D eigenvalue weighted by molar-refractivity contribution is 5.77. The third-order valence-corrected chi connectivity index (χ3v) is 5.17. The van der Waals surface area contributed by atoms with Crippen LogP contribution in [-0.2, 0) is 4.79 Å². The third kappa shape index (κ3) is 4.41. The minimum atomic E-state index is 0.211. The lowest BCUT2D eigenvalue weighted by molar-refractivity contribution is -0.892. The fourth-order valence-corrected chi connectivity index (χ4v) is 3.67. The molecule has 126 valence electrons. The predicted molar refractivity (Wildman–Crippen MR) is 89.4 cm³/mol. The number of nitrogens with zero attached hydrogens (tertiary/aromatic N) is 3. The van der Waals surface area contributed by atoms with Gasteiger partial charge in [0.05, 0.1) is 26.2 Å². The molecule has 0 bridgehead atoms. The van der Waals surface area contributed by atoms with E-state index in [1.54, 1.807) is 12.4 Å². The number of carbonyl (C=O) groups excluding carboxylic acids is 1. The molecule has 0 aromatic carbocycles. The number of carbonyl (C=O) groups is 1. The molecule has 2 aliphatic rings. The molecule has 6 heteroatoms. The van der Waals surface area contributed by atoms with Crippen molar-refractivity contribution in [3.8, 4) is 0 Å². The maximum absolute atomic E-state index is 12.3. The molecule has 1 saturated heterocycles. The van der Waals surface area contributed by atoms with Crippen LogP contribution in [-0.4, -0.2) is 54.6 Å². The van der Waals surface area contributed by atoms with Gasteiger partial charge in [0.25, 0.3) is 5.91 Å². The molecule has 2 heterocycles. The molecule has 1 aliphatic carbocycles. The first kappa shape index (κ1) is 16.2. The van der Waals surface area contributed by atoms with Crippen molar-refractivity contribution in [1.82, 2.24) is 15.3 Å². The number of nitrogens with one attached hydrogen (secondary N) is 2. The molecule has 3 rings (SSSR count). The van der Waals surface area contributed by atoms with Crippen LogP contribution in [0.4, 0.5) is 5.95 Å². The number of aromatic nitrogens is 2. The summed E-state index contributed by atoms with van der Waals surface area (Å²) in [6, 6.07) is 2.22. The van der Waals surface area contributed by atoms with Crippen LogP contribution in [0.1, 0.15) is 32.6 Å². The van der Waals surface area contributed by atoms with E-state index in [9.17, 15) is 4.79 Å². The normalized spacial score (nSPS) is 26.0. The first-order valence-electron chi connectivity index (χ1n) is 8.87. The summed E-state index contributed by atoms with van der Waals surface area (Å²) in [7, 11) is 0. The van der Waals surface area contributed by atoms with Gasteiger partial charge >= 0.3 is 0 Å². The van der Waals surface area contributed by atoms with E-state index in [1.807, 2.05) is 6.07 Å².